The molecule has 1 aromatic carbocycles. The van der Waals surface area contributed by atoms with Crippen LogP contribution in [0.4, 0.5) is 5.69 Å². The number of hydrogen-bond acceptors (Lipinski definition) is 6. The number of nitrogens with two attached hydrogens (primary N) is 1. The number of aliphatic hydroxyl groups is 1. The minimum atomic E-state index is -0.245. The van der Waals surface area contributed by atoms with Gasteiger partial charge in [0.25, 0.3) is 0 Å². The number of aliphatic hydroxyl groups excluding tert-OH is 1. The van der Waals surface area contributed by atoms with Crippen molar-refractivity contribution in [2.45, 2.75) is 25.7 Å². The molecule has 0 aromatic heterocycles. The zero-order valence-corrected chi connectivity index (χ0v) is 12.4. The van der Waals surface area contributed by atoms with Crippen LogP contribution in [-0.4, -0.2) is 16.7 Å². The monoisotopic (exact) mass is 309 g/mol. The second kappa shape index (κ2) is 5.61. The summed E-state index contributed by atoms with van der Waals surface area (Å²) in [6.07, 6.45) is 1.13. The van der Waals surface area contributed by atoms with Crippen molar-refractivity contribution in [2.75, 3.05) is 4.90 Å². The normalized spacial score (nSPS) is 17.9. The summed E-state index contributed by atoms with van der Waals surface area (Å²) in [7, 11) is 0. The van der Waals surface area contributed by atoms with Gasteiger partial charge >= 0.3 is 0 Å². The van der Waals surface area contributed by atoms with Crippen molar-refractivity contribution in [3.63, 3.8) is 0 Å². The smallest absolute Gasteiger partial charge is 0.183 e. The van der Waals surface area contributed by atoms with E-state index in [4.69, 9.17) is 11.0 Å². The predicted molar refractivity (Wildman–Crippen MR) is 83.0 cm³/mol. The molecule has 3 N–H and O–H groups in total. The van der Waals surface area contributed by atoms with Crippen LogP contribution >= 0.6 is 0 Å². The molecule has 0 heterocycles. The fraction of sp³-hybridized carbons (Fsp3) is 0.235. The van der Waals surface area contributed by atoms with Gasteiger partial charge in [0.2, 0.25) is 0 Å². The first kappa shape index (κ1) is 14.9. The average Bonchev–Trinajstić information content (AvgIpc) is 3.05. The summed E-state index contributed by atoms with van der Waals surface area (Å²) in [5.41, 5.74) is 7.51. The van der Waals surface area contributed by atoms with Crippen molar-refractivity contribution in [1.82, 2.24) is 0 Å². The molecule has 0 fully saturated rings. The molecular weight excluding hydrogens is 294 g/mol. The number of carbonyl (C=O) groups excluding carboxylic acids is 2. The first-order valence-electron chi connectivity index (χ1n) is 7.30. The predicted octanol–water partition coefficient (Wildman–Crippen LogP) is 2.03. The Kier molecular flexibility index (Phi) is 3.62. The maximum absolute atomic E-state index is 12.3. The molecule has 23 heavy (non-hydrogen) atoms. The Morgan fingerprint density at radius 1 is 1.09 bits per heavy atom. The lowest BCUT2D eigenvalue weighted by molar-refractivity contribution is -0.115. The number of Topliss-reactive ketones (excluding diaryl/α,β-unsaturated/α-hetero) is 2. The molecule has 0 aliphatic heterocycles. The maximum atomic E-state index is 12.3. The summed E-state index contributed by atoms with van der Waals surface area (Å²) in [5.74, 6) is -0.480. The average molecular weight is 309 g/mol. The third-order valence-electron chi connectivity index (χ3n) is 4.00. The van der Waals surface area contributed by atoms with Gasteiger partial charge in [0, 0.05) is 30.6 Å². The van der Waals surface area contributed by atoms with E-state index in [1.165, 1.54) is 4.90 Å². The molecule has 6 heteroatoms. The van der Waals surface area contributed by atoms with Crippen molar-refractivity contribution < 1.29 is 14.7 Å². The molecule has 0 saturated heterocycles. The van der Waals surface area contributed by atoms with Crippen LogP contribution in [0.3, 0.4) is 0 Å². The molecule has 6 nitrogen and oxygen atoms in total. The van der Waals surface area contributed by atoms with E-state index in [0.29, 0.717) is 23.4 Å². The molecule has 0 radical (unpaired) electrons. The highest BCUT2D eigenvalue weighted by atomic mass is 16.3. The second-order valence-electron chi connectivity index (χ2n) is 5.51. The molecule has 0 spiro atoms. The number of ketones is 2. The first-order chi connectivity index (χ1) is 11.0. The Balaban J connectivity index is 2.21. The van der Waals surface area contributed by atoms with Gasteiger partial charge < -0.3 is 10.8 Å². The van der Waals surface area contributed by atoms with E-state index >= 15 is 0 Å². The van der Waals surface area contributed by atoms with Gasteiger partial charge in [-0.2, -0.15) is 5.26 Å². The van der Waals surface area contributed by atoms with Gasteiger partial charge in [0.05, 0.1) is 11.6 Å². The summed E-state index contributed by atoms with van der Waals surface area (Å²) < 4.78 is 0. The van der Waals surface area contributed by atoms with E-state index in [1.807, 2.05) is 6.07 Å². The van der Waals surface area contributed by atoms with Gasteiger partial charge in [-0.05, 0) is 24.6 Å². The van der Waals surface area contributed by atoms with Crippen LogP contribution in [0.2, 0.25) is 0 Å². The van der Waals surface area contributed by atoms with Crippen molar-refractivity contribution in [3.05, 3.63) is 52.7 Å². The second-order valence-corrected chi connectivity index (χ2v) is 5.51. The fourth-order valence-corrected chi connectivity index (χ4v) is 2.90. The summed E-state index contributed by atoms with van der Waals surface area (Å²) >= 11 is 0. The van der Waals surface area contributed by atoms with Gasteiger partial charge in [-0.1, -0.05) is 6.07 Å². The lowest BCUT2D eigenvalue weighted by Gasteiger charge is -2.26. The molecule has 2 aliphatic rings. The van der Waals surface area contributed by atoms with E-state index in [-0.39, 0.29) is 48.0 Å². The molecule has 0 amide bonds. The van der Waals surface area contributed by atoms with Crippen LogP contribution in [0, 0.1) is 11.3 Å². The quantitative estimate of drug-likeness (QED) is 0.884. The molecule has 0 unspecified atom stereocenters. The lowest BCUT2D eigenvalue weighted by atomic mass is 10.1. The van der Waals surface area contributed by atoms with E-state index in [0.717, 1.165) is 0 Å². The maximum Gasteiger partial charge on any atom is 0.183 e. The van der Waals surface area contributed by atoms with Gasteiger partial charge in [-0.3, -0.25) is 14.5 Å². The van der Waals surface area contributed by atoms with Gasteiger partial charge in [-0.15, -0.1) is 0 Å². The number of rotatable bonds is 3. The van der Waals surface area contributed by atoms with E-state index in [1.54, 1.807) is 24.3 Å². The third kappa shape index (κ3) is 2.46. The van der Waals surface area contributed by atoms with Crippen LogP contribution in [0.1, 0.15) is 31.2 Å². The van der Waals surface area contributed by atoms with Crippen LogP contribution in [-0.2, 0) is 9.59 Å². The molecule has 2 aliphatic carbocycles. The summed E-state index contributed by atoms with van der Waals surface area (Å²) in [5, 5.41) is 19.2. The summed E-state index contributed by atoms with van der Waals surface area (Å²) in [6, 6.07) is 8.56. The zero-order chi connectivity index (χ0) is 16.6. The van der Waals surface area contributed by atoms with Crippen LogP contribution in [0.5, 0.6) is 0 Å². The first-order valence-corrected chi connectivity index (χ1v) is 7.30. The van der Waals surface area contributed by atoms with Crippen molar-refractivity contribution in [2.24, 2.45) is 5.73 Å². The number of hydrogen-bond donors (Lipinski definition) is 2. The van der Waals surface area contributed by atoms with Crippen LogP contribution in [0.25, 0.3) is 0 Å². The molecule has 3 rings (SSSR count). The van der Waals surface area contributed by atoms with E-state index < -0.39 is 0 Å². The van der Waals surface area contributed by atoms with Crippen molar-refractivity contribution >= 4 is 17.3 Å². The number of anilines is 1. The number of allylic oxidation sites excluding steroid dienone is 4. The van der Waals surface area contributed by atoms with Crippen LogP contribution in [0.15, 0.2) is 47.1 Å². The Morgan fingerprint density at radius 3 is 2.35 bits per heavy atom. The van der Waals surface area contributed by atoms with Gasteiger partial charge in [0.1, 0.15) is 17.2 Å². The largest absolute Gasteiger partial charge is 0.510 e. The summed E-state index contributed by atoms with van der Waals surface area (Å²) in [6.45, 7) is 0. The topological polar surface area (TPSA) is 107 Å². The standard InChI is InChI=1S/C17H15N3O3/c18-9-10-2-1-3-11(8-10)20(16-12(19)4-5-13(16)21)17-14(22)6-7-15(17)23/h1-3,8,22H,4-7,19H2. The molecule has 0 atom stereocenters. The van der Waals surface area contributed by atoms with Crippen molar-refractivity contribution in [3.8, 4) is 6.07 Å². The number of carbonyl (C=O) groups is 2. The highest BCUT2D eigenvalue weighted by molar-refractivity contribution is 6.09. The lowest BCUT2D eigenvalue weighted by Crippen LogP contribution is -2.30. The van der Waals surface area contributed by atoms with E-state index in [2.05, 4.69) is 0 Å². The van der Waals surface area contributed by atoms with Crippen molar-refractivity contribution in [1.29, 1.82) is 5.26 Å². The Morgan fingerprint density at radius 2 is 1.78 bits per heavy atom. The minimum absolute atomic E-state index is 0.0580. The van der Waals surface area contributed by atoms with Crippen LogP contribution < -0.4 is 10.6 Å². The Hall–Kier alpha value is -3.07. The number of benzene rings is 1. The van der Waals surface area contributed by atoms with Gasteiger partial charge in [-0.25, -0.2) is 0 Å². The highest BCUT2D eigenvalue weighted by Crippen LogP contribution is 2.36. The van der Waals surface area contributed by atoms with Gasteiger partial charge in [0.15, 0.2) is 11.6 Å². The third-order valence-corrected chi connectivity index (χ3v) is 4.00. The fourth-order valence-electron chi connectivity index (χ4n) is 2.90. The number of nitriles is 1. The SMILES string of the molecule is N#Cc1cccc(N(C2=C(N)CCC2=O)C2=C(O)CCC2=O)c1. The van der Waals surface area contributed by atoms with E-state index in [9.17, 15) is 14.7 Å². The number of nitrogens with zero attached hydrogens (tertiary/aromatic N) is 2. The molecule has 0 saturated carbocycles. The molecule has 0 bridgehead atoms. The molecule has 1 aromatic rings. The minimum Gasteiger partial charge on any atom is -0.510 e. The summed E-state index contributed by atoms with van der Waals surface area (Å²) in [4.78, 5) is 25.9. The molecular formula is C17H15N3O3. The Labute approximate surface area is 133 Å². The highest BCUT2D eigenvalue weighted by Gasteiger charge is 2.36. The Bertz CT molecular complexity index is 775. The molecule has 116 valence electrons. The zero-order valence-electron chi connectivity index (χ0n) is 12.4.